The molecule has 12 heteroatoms. The number of halogens is 4. The van der Waals surface area contributed by atoms with Gasteiger partial charge in [0, 0.05) is 32.8 Å². The summed E-state index contributed by atoms with van der Waals surface area (Å²) in [5.74, 6) is -1.01. The predicted octanol–water partition coefficient (Wildman–Crippen LogP) is 5.49. The van der Waals surface area contributed by atoms with Gasteiger partial charge in [-0.2, -0.15) is 8.78 Å². The molecule has 0 aliphatic rings. The number of nitrogens with zero attached hydrogens (tertiary/aromatic N) is 5. The summed E-state index contributed by atoms with van der Waals surface area (Å²) in [4.78, 5) is 15.7. The fraction of sp³-hybridized carbons (Fsp3) is 0.0500. The standard InChI is InChI=1S/C20H11F3IN7O/c21-14-3-10(24)1-2-12(14)13-4-11(5-15-16(13)28-8-27-15)29-20-25-6-9(7-26-20)18-30-31-19(32-18)17(22)23/h1-8,17H,(H,27,28)(H,25,26,29). The first kappa shape index (κ1) is 20.4. The second-order valence-corrected chi connectivity index (χ2v) is 7.86. The summed E-state index contributed by atoms with van der Waals surface area (Å²) in [7, 11) is 0. The van der Waals surface area contributed by atoms with Crippen LogP contribution in [0.2, 0.25) is 0 Å². The van der Waals surface area contributed by atoms with Gasteiger partial charge in [-0.15, -0.1) is 10.2 Å². The highest BCUT2D eigenvalue weighted by molar-refractivity contribution is 14.1. The molecule has 0 fully saturated rings. The maximum atomic E-state index is 14.6. The van der Waals surface area contributed by atoms with E-state index in [0.29, 0.717) is 33.4 Å². The molecule has 160 valence electrons. The van der Waals surface area contributed by atoms with E-state index in [2.05, 4.69) is 35.5 Å². The minimum Gasteiger partial charge on any atom is -0.415 e. The minimum atomic E-state index is -2.86. The van der Waals surface area contributed by atoms with E-state index in [1.165, 1.54) is 24.8 Å². The monoisotopic (exact) mass is 549 g/mol. The molecule has 3 aromatic heterocycles. The number of imidazole rings is 1. The van der Waals surface area contributed by atoms with Gasteiger partial charge < -0.3 is 14.7 Å². The summed E-state index contributed by atoms with van der Waals surface area (Å²) in [6, 6.07) is 8.51. The van der Waals surface area contributed by atoms with Crippen LogP contribution in [0.25, 0.3) is 33.6 Å². The van der Waals surface area contributed by atoms with E-state index in [9.17, 15) is 13.2 Å². The van der Waals surface area contributed by atoms with E-state index in [1.807, 2.05) is 28.7 Å². The molecule has 3 heterocycles. The summed E-state index contributed by atoms with van der Waals surface area (Å²) < 4.78 is 45.6. The number of aromatic nitrogens is 6. The molecule has 8 nitrogen and oxygen atoms in total. The number of alkyl halides is 2. The average Bonchev–Trinajstić information content (AvgIpc) is 3.44. The fourth-order valence-corrected chi connectivity index (χ4v) is 3.56. The molecule has 0 saturated carbocycles. The number of nitrogens with one attached hydrogen (secondary N) is 2. The van der Waals surface area contributed by atoms with E-state index < -0.39 is 12.3 Å². The predicted molar refractivity (Wildman–Crippen MR) is 118 cm³/mol. The minimum absolute atomic E-state index is 0.109. The van der Waals surface area contributed by atoms with Crippen LogP contribution >= 0.6 is 22.6 Å². The summed E-state index contributed by atoms with van der Waals surface area (Å²) >= 11 is 2.05. The highest BCUT2D eigenvalue weighted by Crippen LogP contribution is 2.33. The molecule has 0 aliphatic carbocycles. The Morgan fingerprint density at radius 1 is 1.00 bits per heavy atom. The van der Waals surface area contributed by atoms with Gasteiger partial charge in [0.1, 0.15) is 5.82 Å². The van der Waals surface area contributed by atoms with Gasteiger partial charge in [-0.25, -0.2) is 19.3 Å². The van der Waals surface area contributed by atoms with Gasteiger partial charge in [0.15, 0.2) is 0 Å². The fourth-order valence-electron chi connectivity index (χ4n) is 3.11. The molecule has 5 rings (SSSR count). The van der Waals surface area contributed by atoms with E-state index in [1.54, 1.807) is 18.2 Å². The smallest absolute Gasteiger partial charge is 0.314 e. The number of rotatable bonds is 5. The Morgan fingerprint density at radius 2 is 1.81 bits per heavy atom. The topological polar surface area (TPSA) is 105 Å². The number of H-pyrrole nitrogens is 1. The number of benzene rings is 2. The van der Waals surface area contributed by atoms with Crippen molar-refractivity contribution in [2.75, 3.05) is 5.32 Å². The van der Waals surface area contributed by atoms with E-state index >= 15 is 0 Å². The summed E-state index contributed by atoms with van der Waals surface area (Å²) in [5, 5.41) is 9.89. The Kier molecular flexibility index (Phi) is 5.20. The van der Waals surface area contributed by atoms with Crippen molar-refractivity contribution in [3.05, 3.63) is 64.3 Å². The van der Waals surface area contributed by atoms with Crippen molar-refractivity contribution < 1.29 is 17.6 Å². The van der Waals surface area contributed by atoms with Gasteiger partial charge in [-0.1, -0.05) is 6.07 Å². The maximum Gasteiger partial charge on any atom is 0.314 e. The van der Waals surface area contributed by atoms with Crippen LogP contribution in [-0.2, 0) is 0 Å². The van der Waals surface area contributed by atoms with Gasteiger partial charge >= 0.3 is 6.43 Å². The Balaban J connectivity index is 1.46. The van der Waals surface area contributed by atoms with Crippen molar-refractivity contribution >= 4 is 45.3 Å². The largest absolute Gasteiger partial charge is 0.415 e. The van der Waals surface area contributed by atoms with Gasteiger partial charge in [0.2, 0.25) is 5.95 Å². The van der Waals surface area contributed by atoms with Crippen LogP contribution < -0.4 is 5.32 Å². The first-order valence-electron chi connectivity index (χ1n) is 9.11. The number of anilines is 2. The summed E-state index contributed by atoms with van der Waals surface area (Å²) in [6.45, 7) is 0. The lowest BCUT2D eigenvalue weighted by Crippen LogP contribution is -1.98. The van der Waals surface area contributed by atoms with Crippen LogP contribution in [-0.4, -0.2) is 30.1 Å². The third-order valence-corrected chi connectivity index (χ3v) is 5.20. The molecule has 0 spiro atoms. The van der Waals surface area contributed by atoms with Crippen molar-refractivity contribution in [1.82, 2.24) is 30.1 Å². The lowest BCUT2D eigenvalue weighted by atomic mass is 10.0. The molecule has 2 aromatic carbocycles. The Morgan fingerprint density at radius 3 is 2.53 bits per heavy atom. The van der Waals surface area contributed by atoms with Crippen LogP contribution in [0.1, 0.15) is 12.3 Å². The Bertz CT molecular complexity index is 1420. The van der Waals surface area contributed by atoms with Crippen LogP contribution in [0.4, 0.5) is 24.8 Å². The van der Waals surface area contributed by atoms with Crippen LogP contribution in [0.15, 0.2) is 53.5 Å². The Labute approximate surface area is 191 Å². The molecule has 0 radical (unpaired) electrons. The van der Waals surface area contributed by atoms with Crippen LogP contribution in [0, 0.1) is 9.39 Å². The molecule has 0 unspecified atom stereocenters. The molecule has 2 N–H and O–H groups in total. The molecule has 0 aliphatic heterocycles. The number of aromatic amines is 1. The van der Waals surface area contributed by atoms with Crippen molar-refractivity contribution in [3.8, 4) is 22.6 Å². The zero-order valence-electron chi connectivity index (χ0n) is 15.9. The maximum absolute atomic E-state index is 14.6. The molecule has 5 aromatic rings. The van der Waals surface area contributed by atoms with Crippen molar-refractivity contribution in [3.63, 3.8) is 0 Å². The third-order valence-electron chi connectivity index (χ3n) is 4.53. The van der Waals surface area contributed by atoms with Crippen LogP contribution in [0.5, 0.6) is 0 Å². The zero-order valence-corrected chi connectivity index (χ0v) is 18.0. The molecule has 0 saturated heterocycles. The van der Waals surface area contributed by atoms with E-state index in [0.717, 1.165) is 3.57 Å². The highest BCUT2D eigenvalue weighted by atomic mass is 127. The quantitative estimate of drug-likeness (QED) is 0.279. The summed E-state index contributed by atoms with van der Waals surface area (Å²) in [6.07, 6.45) is 1.41. The molecule has 0 bridgehead atoms. The zero-order chi connectivity index (χ0) is 22.2. The van der Waals surface area contributed by atoms with Gasteiger partial charge in [0.25, 0.3) is 11.8 Å². The van der Waals surface area contributed by atoms with Crippen LogP contribution in [0.3, 0.4) is 0 Å². The molecular weight excluding hydrogens is 538 g/mol. The lowest BCUT2D eigenvalue weighted by molar-refractivity contribution is 0.116. The van der Waals surface area contributed by atoms with Gasteiger partial charge in [-0.05, 0) is 46.9 Å². The Hall–Kier alpha value is -3.55. The number of hydrogen-bond acceptors (Lipinski definition) is 7. The van der Waals surface area contributed by atoms with E-state index in [-0.39, 0.29) is 17.7 Å². The highest BCUT2D eigenvalue weighted by Gasteiger charge is 2.18. The molecule has 0 atom stereocenters. The third kappa shape index (κ3) is 3.88. The SMILES string of the molecule is Fc1cc(I)ccc1-c1cc(Nc2ncc(-c3nnc(C(F)F)o3)cn2)cc2[nH]cnc12. The average molecular weight is 549 g/mol. The molecule has 32 heavy (non-hydrogen) atoms. The second-order valence-electron chi connectivity index (χ2n) is 6.61. The van der Waals surface area contributed by atoms with E-state index in [4.69, 9.17) is 4.42 Å². The van der Waals surface area contributed by atoms with Gasteiger partial charge in [0.05, 0.1) is 22.9 Å². The van der Waals surface area contributed by atoms with Crippen molar-refractivity contribution in [2.24, 2.45) is 0 Å². The first-order valence-corrected chi connectivity index (χ1v) is 10.2. The first-order chi connectivity index (χ1) is 15.5. The normalized spacial score (nSPS) is 11.4. The molecule has 0 amide bonds. The molecular formula is C20H11F3IN7O. The van der Waals surface area contributed by atoms with Gasteiger partial charge in [-0.3, -0.25) is 0 Å². The number of fused-ring (bicyclic) bond motifs is 1. The van der Waals surface area contributed by atoms with Crippen molar-refractivity contribution in [1.29, 1.82) is 0 Å². The second kappa shape index (κ2) is 8.18. The van der Waals surface area contributed by atoms with Crippen molar-refractivity contribution in [2.45, 2.75) is 6.43 Å². The lowest BCUT2D eigenvalue weighted by Gasteiger charge is -2.10. The summed E-state index contributed by atoms with van der Waals surface area (Å²) in [5.41, 5.74) is 3.22. The number of hydrogen-bond donors (Lipinski definition) is 2.